The summed E-state index contributed by atoms with van der Waals surface area (Å²) >= 11 is 0. The molecule has 2 N–H and O–H groups in total. The number of benzene rings is 1. The molecule has 0 aliphatic rings. The van der Waals surface area contributed by atoms with E-state index >= 15 is 0 Å². The third kappa shape index (κ3) is 3.47. The van der Waals surface area contributed by atoms with E-state index in [-0.39, 0.29) is 18.2 Å². The largest absolute Gasteiger partial charge is 0.316 e. The molecule has 0 radical (unpaired) electrons. The van der Waals surface area contributed by atoms with Gasteiger partial charge in [0, 0.05) is 12.6 Å². The monoisotopic (exact) mass is 278 g/mol. The molecule has 7 heteroatoms. The molecule has 1 aromatic rings. The quantitative estimate of drug-likeness (QED) is 0.849. The number of rotatable bonds is 5. The molecule has 0 heterocycles. The lowest BCUT2D eigenvalue weighted by atomic mass is 10.2. The van der Waals surface area contributed by atoms with Gasteiger partial charge in [0.25, 0.3) is 0 Å². The highest BCUT2D eigenvalue weighted by atomic mass is 32.2. The van der Waals surface area contributed by atoms with E-state index in [9.17, 15) is 17.2 Å². The van der Waals surface area contributed by atoms with Crippen LogP contribution in [0.15, 0.2) is 17.0 Å². The normalized spacial score (nSPS) is 13.6. The minimum atomic E-state index is -4.04. The van der Waals surface area contributed by atoms with Crippen LogP contribution >= 0.6 is 0 Å². The van der Waals surface area contributed by atoms with E-state index in [4.69, 9.17) is 0 Å². The summed E-state index contributed by atoms with van der Waals surface area (Å²) in [6.07, 6.45) is 0. The summed E-state index contributed by atoms with van der Waals surface area (Å²) < 4.78 is 52.6. The van der Waals surface area contributed by atoms with E-state index in [1.54, 1.807) is 14.0 Å². The first-order valence-electron chi connectivity index (χ1n) is 5.40. The van der Waals surface area contributed by atoms with Crippen molar-refractivity contribution < 1.29 is 17.2 Å². The van der Waals surface area contributed by atoms with Crippen LogP contribution in [0.4, 0.5) is 8.78 Å². The summed E-state index contributed by atoms with van der Waals surface area (Å²) in [6.45, 7) is 3.22. The van der Waals surface area contributed by atoms with Gasteiger partial charge in [-0.1, -0.05) is 0 Å². The van der Waals surface area contributed by atoms with Gasteiger partial charge in [0.15, 0.2) is 0 Å². The van der Waals surface area contributed by atoms with Gasteiger partial charge in [0.2, 0.25) is 10.0 Å². The molecule has 4 nitrogen and oxygen atoms in total. The van der Waals surface area contributed by atoms with E-state index in [0.29, 0.717) is 6.07 Å². The Morgan fingerprint density at radius 2 is 1.89 bits per heavy atom. The minimum Gasteiger partial charge on any atom is -0.316 e. The Balaban J connectivity index is 3.02. The van der Waals surface area contributed by atoms with Crippen LogP contribution in [-0.4, -0.2) is 28.1 Å². The van der Waals surface area contributed by atoms with Gasteiger partial charge in [-0.05, 0) is 38.6 Å². The number of likely N-dealkylation sites (N-methyl/N-ethyl adjacent to an activating group) is 1. The minimum absolute atomic E-state index is 0.0649. The molecule has 0 fully saturated rings. The van der Waals surface area contributed by atoms with Gasteiger partial charge < -0.3 is 5.32 Å². The molecule has 0 bridgehead atoms. The Morgan fingerprint density at radius 1 is 1.28 bits per heavy atom. The van der Waals surface area contributed by atoms with Crippen molar-refractivity contribution in [2.45, 2.75) is 24.8 Å². The van der Waals surface area contributed by atoms with Crippen molar-refractivity contribution >= 4 is 10.0 Å². The molecule has 0 saturated carbocycles. The van der Waals surface area contributed by atoms with E-state index in [0.717, 1.165) is 6.07 Å². The first-order valence-corrected chi connectivity index (χ1v) is 6.89. The maximum atomic E-state index is 13.5. The van der Waals surface area contributed by atoms with E-state index < -0.39 is 26.6 Å². The molecule has 18 heavy (non-hydrogen) atoms. The SMILES string of the molecule is CNC(C)CNS(=O)(=O)c1cc(F)c(C)cc1F. The molecule has 1 aromatic carbocycles. The molecular formula is C11H16F2N2O2S. The standard InChI is InChI=1S/C11H16F2N2O2S/c1-7-4-10(13)11(5-9(7)12)18(16,17)15-6-8(2)14-3/h4-5,8,14-15H,6H2,1-3H3. The molecule has 0 saturated heterocycles. The zero-order chi connectivity index (χ0) is 13.9. The van der Waals surface area contributed by atoms with Crippen LogP contribution in [0.2, 0.25) is 0 Å². The molecule has 0 amide bonds. The fraction of sp³-hybridized carbons (Fsp3) is 0.455. The zero-order valence-corrected chi connectivity index (χ0v) is 11.2. The second-order valence-corrected chi connectivity index (χ2v) is 5.81. The van der Waals surface area contributed by atoms with Gasteiger partial charge in [-0.15, -0.1) is 0 Å². The Kier molecular flexibility index (Phi) is 4.78. The first-order chi connectivity index (χ1) is 8.27. The van der Waals surface area contributed by atoms with Crippen LogP contribution in [-0.2, 0) is 10.0 Å². The van der Waals surface area contributed by atoms with Crippen molar-refractivity contribution in [3.05, 3.63) is 29.3 Å². The summed E-state index contributed by atoms with van der Waals surface area (Å²) in [4.78, 5) is -0.672. The van der Waals surface area contributed by atoms with E-state index in [2.05, 4.69) is 10.0 Å². The molecule has 1 atom stereocenters. The second kappa shape index (κ2) is 5.73. The van der Waals surface area contributed by atoms with Gasteiger partial charge in [-0.2, -0.15) is 0 Å². The lowest BCUT2D eigenvalue weighted by molar-refractivity contribution is 0.532. The Morgan fingerprint density at radius 3 is 2.44 bits per heavy atom. The molecule has 102 valence electrons. The molecule has 1 unspecified atom stereocenters. The van der Waals surface area contributed by atoms with Crippen molar-refractivity contribution in [3.63, 3.8) is 0 Å². The van der Waals surface area contributed by atoms with Crippen LogP contribution in [0.25, 0.3) is 0 Å². The zero-order valence-electron chi connectivity index (χ0n) is 10.4. The molecule has 0 spiro atoms. The summed E-state index contributed by atoms with van der Waals surface area (Å²) in [6, 6.07) is 1.45. The number of sulfonamides is 1. The van der Waals surface area contributed by atoms with Crippen molar-refractivity contribution in [3.8, 4) is 0 Å². The molecule has 0 aliphatic heterocycles. The lowest BCUT2D eigenvalue weighted by Crippen LogP contribution is -2.37. The molecule has 0 aliphatic carbocycles. The number of halogens is 2. The van der Waals surface area contributed by atoms with Crippen molar-refractivity contribution in [2.75, 3.05) is 13.6 Å². The molecule has 1 rings (SSSR count). The van der Waals surface area contributed by atoms with Gasteiger partial charge in [0.05, 0.1) is 0 Å². The topological polar surface area (TPSA) is 58.2 Å². The highest BCUT2D eigenvalue weighted by Crippen LogP contribution is 2.18. The number of hydrogen-bond acceptors (Lipinski definition) is 3. The summed E-state index contributed by atoms with van der Waals surface area (Å²) in [7, 11) is -2.37. The predicted molar refractivity (Wildman–Crippen MR) is 64.8 cm³/mol. The number of nitrogens with one attached hydrogen (secondary N) is 2. The lowest BCUT2D eigenvalue weighted by Gasteiger charge is -2.12. The van der Waals surface area contributed by atoms with Crippen LogP contribution in [0.5, 0.6) is 0 Å². The Bertz CT molecular complexity index is 532. The van der Waals surface area contributed by atoms with Gasteiger partial charge >= 0.3 is 0 Å². The van der Waals surface area contributed by atoms with Gasteiger partial charge in [0.1, 0.15) is 16.5 Å². The van der Waals surface area contributed by atoms with Crippen LogP contribution in [0.3, 0.4) is 0 Å². The average molecular weight is 278 g/mol. The fourth-order valence-corrected chi connectivity index (χ4v) is 2.45. The Labute approximate surface area is 105 Å². The molecule has 0 aromatic heterocycles. The Hall–Kier alpha value is -1.05. The summed E-state index contributed by atoms with van der Waals surface area (Å²) in [5.74, 6) is -1.71. The van der Waals surface area contributed by atoms with Gasteiger partial charge in [-0.3, -0.25) is 0 Å². The highest BCUT2D eigenvalue weighted by molar-refractivity contribution is 7.89. The third-order valence-electron chi connectivity index (χ3n) is 2.58. The predicted octanol–water partition coefficient (Wildman–Crippen LogP) is 1.16. The van der Waals surface area contributed by atoms with Crippen molar-refractivity contribution in [2.24, 2.45) is 0 Å². The van der Waals surface area contributed by atoms with Crippen molar-refractivity contribution in [1.29, 1.82) is 0 Å². The first kappa shape index (κ1) is 15.0. The maximum absolute atomic E-state index is 13.5. The van der Waals surface area contributed by atoms with Gasteiger partial charge in [-0.25, -0.2) is 21.9 Å². The maximum Gasteiger partial charge on any atom is 0.243 e. The van der Waals surface area contributed by atoms with Crippen LogP contribution < -0.4 is 10.0 Å². The smallest absolute Gasteiger partial charge is 0.243 e. The second-order valence-electron chi connectivity index (χ2n) is 4.07. The number of hydrogen-bond donors (Lipinski definition) is 2. The third-order valence-corrected chi connectivity index (χ3v) is 4.01. The average Bonchev–Trinajstić information content (AvgIpc) is 2.30. The van der Waals surface area contributed by atoms with E-state index in [1.807, 2.05) is 0 Å². The van der Waals surface area contributed by atoms with Crippen LogP contribution in [0.1, 0.15) is 12.5 Å². The fourth-order valence-electron chi connectivity index (χ4n) is 1.25. The number of aryl methyl sites for hydroxylation is 1. The van der Waals surface area contributed by atoms with Crippen molar-refractivity contribution in [1.82, 2.24) is 10.0 Å². The summed E-state index contributed by atoms with van der Waals surface area (Å²) in [5, 5.41) is 2.83. The highest BCUT2D eigenvalue weighted by Gasteiger charge is 2.21. The van der Waals surface area contributed by atoms with E-state index in [1.165, 1.54) is 6.92 Å². The molecular weight excluding hydrogens is 262 g/mol. The van der Waals surface area contributed by atoms with Crippen LogP contribution in [0, 0.1) is 18.6 Å². The summed E-state index contributed by atoms with van der Waals surface area (Å²) in [5.41, 5.74) is 0.0649.